The molecule has 1 aliphatic carbocycles. The first-order valence-corrected chi connectivity index (χ1v) is 10.5. The molecule has 0 radical (unpaired) electrons. The van der Waals surface area contributed by atoms with E-state index < -0.39 is 23.7 Å². The number of amides is 1. The summed E-state index contributed by atoms with van der Waals surface area (Å²) in [5.41, 5.74) is -1.03. The number of anilines is 2. The lowest BCUT2D eigenvalue weighted by atomic mass is 9.89. The smallest absolute Gasteiger partial charge is 0.406 e. The predicted octanol–water partition coefficient (Wildman–Crippen LogP) is 6.32. The van der Waals surface area contributed by atoms with Gasteiger partial charge in [-0.1, -0.05) is 46.8 Å². The number of ether oxygens (including phenoxy) is 1. The molecule has 1 saturated carbocycles. The van der Waals surface area contributed by atoms with Crippen LogP contribution in [0.3, 0.4) is 0 Å². The fourth-order valence-corrected chi connectivity index (χ4v) is 3.90. The average Bonchev–Trinajstić information content (AvgIpc) is 2.69. The molecule has 0 bridgehead atoms. The molecule has 30 heavy (non-hydrogen) atoms. The zero-order valence-corrected chi connectivity index (χ0v) is 18.1. The molecule has 0 saturated heterocycles. The van der Waals surface area contributed by atoms with Crippen LogP contribution in [-0.2, 0) is 6.18 Å². The Balaban J connectivity index is 1.71. The van der Waals surface area contributed by atoms with Crippen molar-refractivity contribution in [2.75, 3.05) is 11.9 Å². The van der Waals surface area contributed by atoms with Gasteiger partial charge in [0.1, 0.15) is 0 Å². The second-order valence-corrected chi connectivity index (χ2v) is 8.25. The molecule has 2 aromatic rings. The Labute approximate surface area is 184 Å². The van der Waals surface area contributed by atoms with E-state index >= 15 is 0 Å². The van der Waals surface area contributed by atoms with E-state index in [9.17, 15) is 18.0 Å². The van der Waals surface area contributed by atoms with Gasteiger partial charge in [-0.05, 0) is 37.0 Å². The first kappa shape index (κ1) is 22.6. The van der Waals surface area contributed by atoms with Gasteiger partial charge in [0, 0.05) is 11.0 Å². The van der Waals surface area contributed by atoms with Gasteiger partial charge in [0.25, 0.3) is 0 Å². The average molecular weight is 508 g/mol. The molecule has 11 heteroatoms. The van der Waals surface area contributed by atoms with E-state index in [1.54, 1.807) is 18.2 Å². The number of benzene rings is 1. The summed E-state index contributed by atoms with van der Waals surface area (Å²) in [4.78, 5) is 19.3. The molecule has 1 aromatic carbocycles. The van der Waals surface area contributed by atoms with Crippen molar-refractivity contribution in [2.45, 2.75) is 38.3 Å². The maximum Gasteiger partial charge on any atom is 0.437 e. The van der Waals surface area contributed by atoms with Crippen molar-refractivity contribution in [1.82, 2.24) is 15.3 Å². The largest absolute Gasteiger partial charge is 0.437 e. The predicted molar refractivity (Wildman–Crippen MR) is 110 cm³/mol. The molecule has 0 atom stereocenters. The highest BCUT2D eigenvalue weighted by atomic mass is 79.9. The van der Waals surface area contributed by atoms with Gasteiger partial charge in [-0.2, -0.15) is 13.2 Å². The van der Waals surface area contributed by atoms with Crippen molar-refractivity contribution in [2.24, 2.45) is 5.92 Å². The van der Waals surface area contributed by atoms with Crippen LogP contribution in [0.5, 0.6) is 5.75 Å². The molecule has 3 rings (SSSR count). The molecular formula is C19H19BrClF3N4O2. The number of halogens is 5. The standard InChI is InChI=1S/C19H19BrClF3N4O2/c20-12-6-7-14(13(21)8-12)27-17-25-10-15(16(28-17)19(22,23)24)30-18(29)26-9-11-4-2-1-3-5-11/h6-8,10-11H,1-5,9H2,(H,26,29)(H,25,27,28). The van der Waals surface area contributed by atoms with Crippen LogP contribution in [0.15, 0.2) is 28.9 Å². The van der Waals surface area contributed by atoms with E-state index in [2.05, 4.69) is 36.5 Å². The summed E-state index contributed by atoms with van der Waals surface area (Å²) in [6.45, 7) is 0.364. The molecule has 1 aliphatic rings. The summed E-state index contributed by atoms with van der Waals surface area (Å²) in [5.74, 6) is -0.788. The van der Waals surface area contributed by atoms with Gasteiger partial charge in [0.2, 0.25) is 5.95 Å². The van der Waals surface area contributed by atoms with Crippen LogP contribution < -0.4 is 15.4 Å². The summed E-state index contributed by atoms with van der Waals surface area (Å²) >= 11 is 9.30. The molecule has 1 amide bonds. The molecule has 2 N–H and O–H groups in total. The third-order valence-electron chi connectivity index (χ3n) is 4.66. The molecule has 0 spiro atoms. The van der Waals surface area contributed by atoms with Gasteiger partial charge in [0.05, 0.1) is 16.9 Å². The Bertz CT molecular complexity index is 908. The van der Waals surface area contributed by atoms with Crippen molar-refractivity contribution in [3.05, 3.63) is 39.6 Å². The fraction of sp³-hybridized carbons (Fsp3) is 0.421. The number of nitrogens with one attached hydrogen (secondary N) is 2. The molecular weight excluding hydrogens is 489 g/mol. The molecule has 1 heterocycles. The topological polar surface area (TPSA) is 76.1 Å². The van der Waals surface area contributed by atoms with Gasteiger partial charge >= 0.3 is 12.3 Å². The molecule has 1 fully saturated rings. The minimum atomic E-state index is -4.85. The fourth-order valence-electron chi connectivity index (χ4n) is 3.17. The Morgan fingerprint density at radius 3 is 2.67 bits per heavy atom. The number of rotatable bonds is 5. The highest BCUT2D eigenvalue weighted by Crippen LogP contribution is 2.36. The Morgan fingerprint density at radius 1 is 1.27 bits per heavy atom. The second-order valence-electron chi connectivity index (χ2n) is 6.93. The first-order chi connectivity index (χ1) is 14.2. The summed E-state index contributed by atoms with van der Waals surface area (Å²) < 4.78 is 46.0. The van der Waals surface area contributed by atoms with Crippen LogP contribution in [0.2, 0.25) is 5.02 Å². The van der Waals surface area contributed by atoms with Crippen molar-refractivity contribution >= 4 is 45.3 Å². The van der Waals surface area contributed by atoms with Gasteiger partial charge in [-0.25, -0.2) is 14.8 Å². The Kier molecular flexibility index (Phi) is 7.41. The van der Waals surface area contributed by atoms with Crippen LogP contribution in [0.1, 0.15) is 37.8 Å². The van der Waals surface area contributed by atoms with Gasteiger partial charge in [-0.3, -0.25) is 0 Å². The maximum absolute atomic E-state index is 13.5. The van der Waals surface area contributed by atoms with E-state index in [4.69, 9.17) is 16.3 Å². The second kappa shape index (κ2) is 9.82. The van der Waals surface area contributed by atoms with E-state index in [1.165, 1.54) is 6.42 Å². The number of nitrogens with zero attached hydrogens (tertiary/aromatic N) is 2. The van der Waals surface area contributed by atoms with Crippen LogP contribution >= 0.6 is 27.5 Å². The van der Waals surface area contributed by atoms with Crippen LogP contribution in [-0.4, -0.2) is 22.6 Å². The van der Waals surface area contributed by atoms with Crippen LogP contribution in [0, 0.1) is 5.92 Å². The minimum Gasteiger partial charge on any atom is -0.406 e. The highest BCUT2D eigenvalue weighted by Gasteiger charge is 2.38. The van der Waals surface area contributed by atoms with Crippen LogP contribution in [0.4, 0.5) is 29.6 Å². The third kappa shape index (κ3) is 6.21. The monoisotopic (exact) mass is 506 g/mol. The summed E-state index contributed by atoms with van der Waals surface area (Å²) in [7, 11) is 0. The highest BCUT2D eigenvalue weighted by molar-refractivity contribution is 9.10. The van der Waals surface area contributed by atoms with E-state index in [0.717, 1.165) is 31.9 Å². The van der Waals surface area contributed by atoms with Crippen molar-refractivity contribution in [1.29, 1.82) is 0 Å². The maximum atomic E-state index is 13.5. The Hall–Kier alpha value is -2.07. The lowest BCUT2D eigenvalue weighted by Gasteiger charge is -2.21. The third-order valence-corrected chi connectivity index (χ3v) is 5.47. The van der Waals surface area contributed by atoms with Gasteiger partial charge in [0.15, 0.2) is 11.4 Å². The SMILES string of the molecule is O=C(NCC1CCCCC1)Oc1cnc(Nc2ccc(Br)cc2Cl)nc1C(F)(F)F. The van der Waals surface area contributed by atoms with E-state index in [0.29, 0.717) is 22.6 Å². The number of carbonyl (C=O) groups excluding carboxylic acids is 1. The molecule has 0 unspecified atom stereocenters. The Morgan fingerprint density at radius 2 is 2.00 bits per heavy atom. The van der Waals surface area contributed by atoms with E-state index in [-0.39, 0.29) is 11.0 Å². The van der Waals surface area contributed by atoms with Gasteiger partial charge in [-0.15, -0.1) is 0 Å². The molecule has 162 valence electrons. The molecule has 1 aromatic heterocycles. The normalized spacial score (nSPS) is 15.0. The number of alkyl halides is 3. The summed E-state index contributed by atoms with van der Waals surface area (Å²) in [5, 5.41) is 5.42. The number of aromatic nitrogens is 2. The van der Waals surface area contributed by atoms with Gasteiger partial charge < -0.3 is 15.4 Å². The number of hydrogen-bond acceptors (Lipinski definition) is 5. The summed E-state index contributed by atoms with van der Waals surface area (Å²) in [6, 6.07) is 4.79. The lowest BCUT2D eigenvalue weighted by molar-refractivity contribution is -0.142. The van der Waals surface area contributed by atoms with Crippen molar-refractivity contribution in [3.8, 4) is 5.75 Å². The summed E-state index contributed by atoms with van der Waals surface area (Å²) in [6.07, 6.45) is 0.304. The number of hydrogen-bond donors (Lipinski definition) is 2. The minimum absolute atomic E-state index is 0.268. The molecule has 0 aliphatic heterocycles. The molecule has 6 nitrogen and oxygen atoms in total. The van der Waals surface area contributed by atoms with Crippen molar-refractivity contribution < 1.29 is 22.7 Å². The lowest BCUT2D eigenvalue weighted by Crippen LogP contribution is -2.33. The van der Waals surface area contributed by atoms with E-state index in [1.807, 2.05) is 0 Å². The van der Waals surface area contributed by atoms with Crippen LogP contribution in [0.25, 0.3) is 0 Å². The van der Waals surface area contributed by atoms with Crippen molar-refractivity contribution in [3.63, 3.8) is 0 Å². The zero-order valence-electron chi connectivity index (χ0n) is 15.7. The quantitative estimate of drug-likeness (QED) is 0.495. The number of carbonyl (C=O) groups is 1. The zero-order chi connectivity index (χ0) is 21.7. The first-order valence-electron chi connectivity index (χ1n) is 9.34.